The maximum absolute atomic E-state index is 8.29. The first kappa shape index (κ1) is 57.3. The molecule has 0 aromatic heterocycles. The molecule has 66 heavy (non-hydrogen) atoms. The number of nitrogens with zero attached hydrogens (tertiary/aromatic N) is 6. The summed E-state index contributed by atoms with van der Waals surface area (Å²) in [7, 11) is -3.21. The second kappa shape index (κ2) is 30.5. The minimum atomic E-state index is -1.60. The van der Waals surface area contributed by atoms with Crippen molar-refractivity contribution in [3.8, 4) is 6.07 Å². The molecule has 0 aliphatic rings. The molecule has 0 heterocycles. The standard InChI is InChI=1S/C23H34N4Si2.C19H23N2.C7H5N.C7H8.Yb/c1-28(2,3)26-22(20-14-9-7-10-15-20)24-18-13-19-25-23(27-29(4,5)6)21-16-11-8-12-17-21;1-13(2)16-11-8-12-17(14(3)4)18(16)21-19(20)15-9-6-5-7-10-15;8-6-7-4-2-1-3-5-7;1-7-5-3-2-4-6-7;/h7-12,14-17H,13,18-19H2,1-6H3;5-14H,1-4H3,(H-,20,21);1-5H;2-6H,1H3;/q-2;-1;;;+3. The summed E-state index contributed by atoms with van der Waals surface area (Å²) < 4.78 is 0. The number of amidine groups is 3. The summed E-state index contributed by atoms with van der Waals surface area (Å²) in [5.41, 5.74) is 8.47. The van der Waals surface area contributed by atoms with Crippen molar-refractivity contribution in [2.24, 2.45) is 9.98 Å². The third-order valence-electron chi connectivity index (χ3n) is 9.24. The van der Waals surface area contributed by atoms with E-state index in [0.29, 0.717) is 23.2 Å². The zero-order chi connectivity index (χ0) is 47.7. The minimum Gasteiger partial charge on any atom is -0.482 e. The Morgan fingerprint density at radius 2 is 0.879 bits per heavy atom. The van der Waals surface area contributed by atoms with E-state index in [4.69, 9.17) is 30.6 Å². The molecule has 10 heteroatoms. The van der Waals surface area contributed by atoms with Crippen molar-refractivity contribution in [1.29, 1.82) is 10.7 Å². The summed E-state index contributed by atoms with van der Waals surface area (Å²) in [6.45, 7) is 25.6. The number of nitrogens with one attached hydrogen (secondary N) is 1. The van der Waals surface area contributed by atoms with Crippen molar-refractivity contribution in [1.82, 2.24) is 0 Å². The number of para-hydroxylation sites is 1. The van der Waals surface area contributed by atoms with E-state index >= 15 is 0 Å². The molecule has 0 unspecified atom stereocenters. The molecule has 0 bridgehead atoms. The minimum absolute atomic E-state index is 0. The number of benzene rings is 6. The first-order valence-electron chi connectivity index (χ1n) is 22.6. The second-order valence-corrected chi connectivity index (χ2v) is 27.2. The summed E-state index contributed by atoms with van der Waals surface area (Å²) in [5.74, 6) is 2.87. The molecule has 7 nitrogen and oxygen atoms in total. The van der Waals surface area contributed by atoms with Crippen LogP contribution in [0.1, 0.15) is 84.9 Å². The van der Waals surface area contributed by atoms with Gasteiger partial charge in [-0.3, -0.25) is 0 Å². The molecule has 0 aliphatic carbocycles. The van der Waals surface area contributed by atoms with Crippen molar-refractivity contribution < 1.29 is 46.9 Å². The van der Waals surface area contributed by atoms with E-state index in [9.17, 15) is 0 Å². The van der Waals surface area contributed by atoms with Crippen LogP contribution in [0.5, 0.6) is 0 Å². The van der Waals surface area contributed by atoms with Crippen LogP contribution in [-0.4, -0.2) is 47.1 Å². The molecule has 6 aromatic rings. The first-order chi connectivity index (χ1) is 31.0. The maximum Gasteiger partial charge on any atom is 3.00 e. The van der Waals surface area contributed by atoms with Crippen LogP contribution in [-0.2, 0) is 0 Å². The van der Waals surface area contributed by atoms with Crippen LogP contribution < -0.4 is 0 Å². The van der Waals surface area contributed by atoms with E-state index < -0.39 is 16.5 Å². The number of rotatable bonds is 12. The Morgan fingerprint density at radius 1 is 0.530 bits per heavy atom. The van der Waals surface area contributed by atoms with Gasteiger partial charge in [0.15, 0.2) is 0 Å². The number of nitriles is 1. The number of aliphatic imine (C=N–C) groups is 2. The largest absolute Gasteiger partial charge is 3.00 e. The van der Waals surface area contributed by atoms with E-state index in [1.165, 1.54) is 16.7 Å². The average molecular weight is 1070 g/mol. The molecule has 6 rings (SSSR count). The van der Waals surface area contributed by atoms with Crippen molar-refractivity contribution in [2.75, 3.05) is 13.1 Å². The van der Waals surface area contributed by atoms with Crippen molar-refractivity contribution in [3.05, 3.63) is 224 Å². The molecule has 0 saturated carbocycles. The van der Waals surface area contributed by atoms with E-state index in [1.54, 1.807) is 12.1 Å². The van der Waals surface area contributed by atoms with Gasteiger partial charge in [-0.25, -0.2) is 0 Å². The fraction of sp³-hybridized carbons (Fsp3) is 0.286. The fourth-order valence-electron chi connectivity index (χ4n) is 6.09. The zero-order valence-electron chi connectivity index (χ0n) is 40.9. The van der Waals surface area contributed by atoms with Gasteiger partial charge in [0.25, 0.3) is 0 Å². The molecule has 0 spiro atoms. The summed E-state index contributed by atoms with van der Waals surface area (Å²) in [4.78, 5) is 19.5. The molecular formula is C56H70N7Si2Yb. The van der Waals surface area contributed by atoms with E-state index in [1.807, 2.05) is 109 Å². The fourth-order valence-corrected chi connectivity index (χ4v) is 7.76. The van der Waals surface area contributed by atoms with Crippen molar-refractivity contribution >= 4 is 39.7 Å². The van der Waals surface area contributed by atoms with E-state index in [0.717, 1.165) is 53.6 Å². The Bertz CT molecular complexity index is 2270. The van der Waals surface area contributed by atoms with Gasteiger partial charge in [0.1, 0.15) is 0 Å². The van der Waals surface area contributed by atoms with Gasteiger partial charge in [-0.15, -0.1) is 0 Å². The van der Waals surface area contributed by atoms with Crippen molar-refractivity contribution in [2.45, 2.75) is 92.2 Å². The maximum atomic E-state index is 8.29. The molecule has 0 amide bonds. The zero-order valence-corrected chi connectivity index (χ0v) is 44.6. The van der Waals surface area contributed by atoms with Gasteiger partial charge in [-0.2, -0.15) is 5.26 Å². The van der Waals surface area contributed by atoms with E-state index in [2.05, 4.69) is 134 Å². The van der Waals surface area contributed by atoms with Gasteiger partial charge < -0.3 is 30.7 Å². The molecule has 0 saturated heterocycles. The smallest absolute Gasteiger partial charge is 0.482 e. The third kappa shape index (κ3) is 23.1. The summed E-state index contributed by atoms with van der Waals surface area (Å²) in [6.07, 6.45) is 0.884. The Balaban J connectivity index is 0.000000348. The normalized spacial score (nSPS) is 11.2. The second-order valence-electron chi connectivity index (χ2n) is 18.1. The van der Waals surface area contributed by atoms with Crippen LogP contribution in [0.15, 0.2) is 180 Å². The molecule has 6 aromatic carbocycles. The Labute approximate surface area is 438 Å². The van der Waals surface area contributed by atoms with Gasteiger partial charge in [0.2, 0.25) is 0 Å². The molecule has 0 atom stereocenters. The Kier molecular flexibility index (Phi) is 26.4. The summed E-state index contributed by atoms with van der Waals surface area (Å²) in [6, 6.07) is 58.0. The van der Waals surface area contributed by atoms with Crippen LogP contribution >= 0.6 is 0 Å². The van der Waals surface area contributed by atoms with Gasteiger partial charge >= 0.3 is 46.9 Å². The topological polar surface area (TPSA) is 115 Å². The van der Waals surface area contributed by atoms with Crippen molar-refractivity contribution in [3.63, 3.8) is 0 Å². The first-order valence-corrected chi connectivity index (χ1v) is 29.5. The molecule has 0 aliphatic heterocycles. The molecule has 1 N–H and O–H groups in total. The monoisotopic (exact) mass is 1070 g/mol. The van der Waals surface area contributed by atoms with Gasteiger partial charge in [-0.1, -0.05) is 267 Å². The number of hydrogen-bond donors (Lipinski definition) is 1. The predicted molar refractivity (Wildman–Crippen MR) is 287 cm³/mol. The van der Waals surface area contributed by atoms with Crippen LogP contribution in [0.2, 0.25) is 39.3 Å². The van der Waals surface area contributed by atoms with Gasteiger partial charge in [-0.05, 0) is 64.4 Å². The number of aryl methyl sites for hydroxylation is 1. The summed E-state index contributed by atoms with van der Waals surface area (Å²) >= 11 is 0. The number of hydrogen-bond acceptors (Lipinski definition) is 4. The van der Waals surface area contributed by atoms with Gasteiger partial charge in [0.05, 0.1) is 11.6 Å². The Hall–Kier alpha value is -4.83. The molecular weight excluding hydrogens is 1000 g/mol. The summed E-state index contributed by atoms with van der Waals surface area (Å²) in [5, 5.41) is 21.2. The molecule has 1 radical (unpaired) electrons. The Morgan fingerprint density at radius 3 is 1.18 bits per heavy atom. The SMILES string of the molecule is CC(C)c1cccc(C(C)C)c1[N-]C(=N)c1ccccc1.C[Si](C)(C)[N-]C(=NCCCN=C([N-][Si](C)(C)C)c1ccccc1)c1ccccc1.Cc1ccccc1.N#Cc1ccccc1.[Yb+3]. The predicted octanol–water partition coefficient (Wildman–Crippen LogP) is 16.2. The molecule has 0 fully saturated rings. The van der Waals surface area contributed by atoms with E-state index in [-0.39, 0.29) is 46.9 Å². The third-order valence-corrected chi connectivity index (χ3v) is 11.0. The quantitative estimate of drug-likeness (QED) is 0.0559. The molecule has 351 valence electrons. The van der Waals surface area contributed by atoms with Crippen LogP contribution in [0, 0.1) is 70.6 Å². The van der Waals surface area contributed by atoms with Gasteiger partial charge in [0, 0.05) is 16.5 Å². The van der Waals surface area contributed by atoms with Crippen LogP contribution in [0.3, 0.4) is 0 Å². The van der Waals surface area contributed by atoms with Crippen LogP contribution in [0.4, 0.5) is 5.69 Å². The van der Waals surface area contributed by atoms with Crippen LogP contribution in [0.25, 0.3) is 15.3 Å². The average Bonchev–Trinajstić information content (AvgIpc) is 3.29.